The molecule has 0 saturated carbocycles. The van der Waals surface area contributed by atoms with E-state index in [9.17, 15) is 4.79 Å². The molecule has 1 unspecified atom stereocenters. The third kappa shape index (κ3) is 3.05. The van der Waals surface area contributed by atoms with Crippen molar-refractivity contribution < 1.29 is 14.6 Å². The maximum Gasteiger partial charge on any atom is 0.336 e. The Kier molecular flexibility index (Phi) is 4.53. The molecule has 1 aromatic heterocycles. The molecule has 0 aliphatic rings. The summed E-state index contributed by atoms with van der Waals surface area (Å²) in [5.41, 5.74) is 0.938. The fraction of sp³-hybridized carbons (Fsp3) is 0.333. The number of rotatable bonds is 6. The number of carboxylic acid groups (broad SMARTS) is 1. The van der Waals surface area contributed by atoms with E-state index in [-0.39, 0.29) is 11.6 Å². The lowest BCUT2D eigenvalue weighted by molar-refractivity contribution is 0.0699. The fourth-order valence-corrected chi connectivity index (χ4v) is 2.09. The van der Waals surface area contributed by atoms with E-state index < -0.39 is 5.97 Å². The van der Waals surface area contributed by atoms with Crippen molar-refractivity contribution in [2.75, 3.05) is 19.0 Å². The van der Waals surface area contributed by atoms with Crippen LogP contribution in [0.5, 0.6) is 0 Å². The second kappa shape index (κ2) is 6.34. The monoisotopic (exact) mass is 274 g/mol. The smallest absolute Gasteiger partial charge is 0.336 e. The number of nitrogens with one attached hydrogen (secondary N) is 1. The van der Waals surface area contributed by atoms with Crippen LogP contribution >= 0.6 is 0 Å². The lowest BCUT2D eigenvalue weighted by atomic mass is 10.1. The van der Waals surface area contributed by atoms with Gasteiger partial charge in [-0.1, -0.05) is 13.0 Å². The molecule has 5 nitrogen and oxygen atoms in total. The van der Waals surface area contributed by atoms with Crippen LogP contribution in [0.2, 0.25) is 0 Å². The number of anilines is 1. The van der Waals surface area contributed by atoms with E-state index in [0.29, 0.717) is 17.5 Å². The van der Waals surface area contributed by atoms with E-state index >= 15 is 0 Å². The van der Waals surface area contributed by atoms with Crippen molar-refractivity contribution >= 4 is 22.7 Å². The maximum atomic E-state index is 11.1. The summed E-state index contributed by atoms with van der Waals surface area (Å²) in [5.74, 6) is -0.215. The van der Waals surface area contributed by atoms with Crippen LogP contribution in [-0.2, 0) is 4.74 Å². The first-order valence-corrected chi connectivity index (χ1v) is 6.54. The van der Waals surface area contributed by atoms with Gasteiger partial charge in [-0.2, -0.15) is 0 Å². The number of aromatic carboxylic acids is 1. The van der Waals surface area contributed by atoms with Crippen LogP contribution in [0.1, 0.15) is 23.7 Å². The van der Waals surface area contributed by atoms with Gasteiger partial charge in [-0.15, -0.1) is 0 Å². The quantitative estimate of drug-likeness (QED) is 0.847. The van der Waals surface area contributed by atoms with Gasteiger partial charge >= 0.3 is 5.97 Å². The van der Waals surface area contributed by atoms with E-state index in [1.807, 2.05) is 6.07 Å². The summed E-state index contributed by atoms with van der Waals surface area (Å²) < 4.78 is 5.14. The molecule has 2 rings (SSSR count). The SMILES string of the molecule is CCC(COC)Nc1ccc2c(C(=O)O)cccc2n1. The summed E-state index contributed by atoms with van der Waals surface area (Å²) in [5, 5.41) is 13.1. The van der Waals surface area contributed by atoms with Gasteiger partial charge in [0.1, 0.15) is 5.82 Å². The van der Waals surface area contributed by atoms with Gasteiger partial charge in [0.2, 0.25) is 0 Å². The summed E-state index contributed by atoms with van der Waals surface area (Å²) in [6.45, 7) is 2.67. The summed E-state index contributed by atoms with van der Waals surface area (Å²) in [6.07, 6.45) is 0.919. The maximum absolute atomic E-state index is 11.1. The van der Waals surface area contributed by atoms with Gasteiger partial charge in [0.25, 0.3) is 0 Å². The van der Waals surface area contributed by atoms with Gasteiger partial charge < -0.3 is 15.2 Å². The second-order valence-electron chi connectivity index (χ2n) is 4.58. The molecule has 0 radical (unpaired) electrons. The van der Waals surface area contributed by atoms with Crippen molar-refractivity contribution in [2.24, 2.45) is 0 Å². The van der Waals surface area contributed by atoms with E-state index in [2.05, 4.69) is 17.2 Å². The first-order valence-electron chi connectivity index (χ1n) is 6.54. The molecule has 0 amide bonds. The topological polar surface area (TPSA) is 71.5 Å². The first kappa shape index (κ1) is 14.3. The molecule has 2 N–H and O–H groups in total. The van der Waals surface area contributed by atoms with E-state index in [1.165, 1.54) is 0 Å². The number of carboxylic acids is 1. The average Bonchev–Trinajstić information content (AvgIpc) is 2.45. The number of hydrogen-bond acceptors (Lipinski definition) is 4. The molecular formula is C15H18N2O3. The molecule has 2 aromatic rings. The largest absolute Gasteiger partial charge is 0.478 e. The van der Waals surface area contributed by atoms with Gasteiger partial charge in [0.15, 0.2) is 0 Å². The zero-order valence-corrected chi connectivity index (χ0v) is 11.6. The van der Waals surface area contributed by atoms with Crippen LogP contribution in [0.15, 0.2) is 30.3 Å². The van der Waals surface area contributed by atoms with Crippen LogP contribution < -0.4 is 5.32 Å². The number of fused-ring (bicyclic) bond motifs is 1. The highest BCUT2D eigenvalue weighted by molar-refractivity contribution is 6.02. The second-order valence-corrected chi connectivity index (χ2v) is 4.58. The Labute approximate surface area is 117 Å². The Bertz CT molecular complexity index is 613. The van der Waals surface area contributed by atoms with Gasteiger partial charge in [0, 0.05) is 12.5 Å². The molecule has 1 aromatic carbocycles. The summed E-state index contributed by atoms with van der Waals surface area (Å²) in [6, 6.07) is 8.87. The van der Waals surface area contributed by atoms with Gasteiger partial charge in [-0.25, -0.2) is 9.78 Å². The molecule has 0 saturated heterocycles. The Morgan fingerprint density at radius 3 is 2.85 bits per heavy atom. The predicted molar refractivity (Wildman–Crippen MR) is 78.3 cm³/mol. The number of ether oxygens (including phenoxy) is 1. The highest BCUT2D eigenvalue weighted by atomic mass is 16.5. The van der Waals surface area contributed by atoms with Crippen molar-refractivity contribution in [3.8, 4) is 0 Å². The lowest BCUT2D eigenvalue weighted by Crippen LogP contribution is -2.24. The third-order valence-electron chi connectivity index (χ3n) is 3.17. The number of hydrogen-bond donors (Lipinski definition) is 2. The Balaban J connectivity index is 2.32. The zero-order valence-electron chi connectivity index (χ0n) is 11.6. The molecule has 1 heterocycles. The molecule has 5 heteroatoms. The Morgan fingerprint density at radius 2 is 2.20 bits per heavy atom. The van der Waals surface area contributed by atoms with E-state index in [0.717, 1.165) is 12.2 Å². The third-order valence-corrected chi connectivity index (χ3v) is 3.17. The van der Waals surface area contributed by atoms with Crippen molar-refractivity contribution in [1.29, 1.82) is 0 Å². The number of methoxy groups -OCH3 is 1. The lowest BCUT2D eigenvalue weighted by Gasteiger charge is -2.16. The standard InChI is InChI=1S/C15H18N2O3/c1-3-10(9-20-2)16-14-8-7-11-12(15(18)19)5-4-6-13(11)17-14/h4-8,10H,3,9H2,1-2H3,(H,16,17)(H,18,19). The number of aromatic nitrogens is 1. The molecule has 0 fully saturated rings. The van der Waals surface area contributed by atoms with Crippen LogP contribution in [-0.4, -0.2) is 35.8 Å². The minimum atomic E-state index is -0.941. The minimum Gasteiger partial charge on any atom is -0.478 e. The average molecular weight is 274 g/mol. The summed E-state index contributed by atoms with van der Waals surface area (Å²) >= 11 is 0. The van der Waals surface area contributed by atoms with E-state index in [4.69, 9.17) is 9.84 Å². The summed E-state index contributed by atoms with van der Waals surface area (Å²) in [7, 11) is 1.66. The molecular weight excluding hydrogens is 256 g/mol. The first-order chi connectivity index (χ1) is 9.65. The van der Waals surface area contributed by atoms with Crippen molar-refractivity contribution in [1.82, 2.24) is 4.98 Å². The molecule has 20 heavy (non-hydrogen) atoms. The van der Waals surface area contributed by atoms with Gasteiger partial charge in [-0.3, -0.25) is 0 Å². The highest BCUT2D eigenvalue weighted by Gasteiger charge is 2.10. The fourth-order valence-electron chi connectivity index (χ4n) is 2.09. The number of nitrogens with zero attached hydrogens (tertiary/aromatic N) is 1. The molecule has 0 aliphatic carbocycles. The number of carbonyl (C=O) groups is 1. The van der Waals surface area contributed by atoms with Crippen LogP contribution in [0.25, 0.3) is 10.9 Å². The normalized spacial score (nSPS) is 12.3. The van der Waals surface area contributed by atoms with E-state index in [1.54, 1.807) is 31.4 Å². The number of pyridine rings is 1. The van der Waals surface area contributed by atoms with Crippen molar-refractivity contribution in [3.63, 3.8) is 0 Å². The molecule has 1 atom stereocenters. The molecule has 0 aliphatic heterocycles. The van der Waals surface area contributed by atoms with Crippen molar-refractivity contribution in [3.05, 3.63) is 35.9 Å². The highest BCUT2D eigenvalue weighted by Crippen LogP contribution is 2.20. The van der Waals surface area contributed by atoms with Gasteiger partial charge in [-0.05, 0) is 30.7 Å². The summed E-state index contributed by atoms with van der Waals surface area (Å²) in [4.78, 5) is 15.6. The molecule has 0 spiro atoms. The minimum absolute atomic E-state index is 0.188. The molecule has 106 valence electrons. The van der Waals surface area contributed by atoms with Gasteiger partial charge in [0.05, 0.1) is 23.7 Å². The zero-order chi connectivity index (χ0) is 14.5. The van der Waals surface area contributed by atoms with Crippen LogP contribution in [0.4, 0.5) is 5.82 Å². The predicted octanol–water partition coefficient (Wildman–Crippen LogP) is 2.77. The number of benzene rings is 1. The van der Waals surface area contributed by atoms with Crippen LogP contribution in [0.3, 0.4) is 0 Å². The molecule has 0 bridgehead atoms. The Hall–Kier alpha value is -2.14. The van der Waals surface area contributed by atoms with Crippen molar-refractivity contribution in [2.45, 2.75) is 19.4 Å². The Morgan fingerprint density at radius 1 is 1.40 bits per heavy atom. The van der Waals surface area contributed by atoms with Crippen LogP contribution in [0, 0.1) is 0 Å².